The van der Waals surface area contributed by atoms with E-state index in [2.05, 4.69) is 63.3 Å². The molecule has 1 aromatic carbocycles. The molecule has 1 aromatic rings. The summed E-state index contributed by atoms with van der Waals surface area (Å²) in [5, 5.41) is 0. The van der Waals surface area contributed by atoms with Crippen molar-refractivity contribution in [2.45, 2.75) is 33.6 Å². The molecular weight excluding hydrogens is 168 g/mol. The Morgan fingerprint density at radius 2 is 1.79 bits per heavy atom. The van der Waals surface area contributed by atoms with Crippen LogP contribution in [0.5, 0.6) is 0 Å². The van der Waals surface area contributed by atoms with E-state index >= 15 is 0 Å². The number of hydrogen-bond acceptors (Lipinski definition) is 0. The second-order valence-corrected chi connectivity index (χ2v) is 4.48. The average Bonchev–Trinajstić information content (AvgIpc) is 2.17. The van der Waals surface area contributed by atoms with E-state index in [1.165, 1.54) is 18.4 Å². The first-order valence-electron chi connectivity index (χ1n) is 5.38. The smallest absolute Gasteiger partial charge is 0.0172 e. The fourth-order valence-corrected chi connectivity index (χ4v) is 1.61. The van der Waals surface area contributed by atoms with Crippen molar-refractivity contribution < 1.29 is 0 Å². The topological polar surface area (TPSA) is 0 Å². The van der Waals surface area contributed by atoms with Crippen molar-refractivity contribution in [3.8, 4) is 0 Å². The van der Waals surface area contributed by atoms with E-state index in [4.69, 9.17) is 0 Å². The lowest BCUT2D eigenvalue weighted by molar-refractivity contribution is 0.434. The van der Waals surface area contributed by atoms with Gasteiger partial charge in [-0.05, 0) is 17.4 Å². The number of allylic oxidation sites excluding steroid dienone is 1. The number of rotatable bonds is 4. The summed E-state index contributed by atoms with van der Waals surface area (Å²) in [6, 6.07) is 10.5. The Bertz CT molecular complexity index is 280. The molecule has 0 radical (unpaired) electrons. The van der Waals surface area contributed by atoms with Crippen LogP contribution in [0.1, 0.15) is 39.2 Å². The van der Waals surface area contributed by atoms with E-state index in [0.717, 1.165) is 0 Å². The highest BCUT2D eigenvalue weighted by Gasteiger charge is 2.11. The van der Waals surface area contributed by atoms with Gasteiger partial charge in [0.1, 0.15) is 0 Å². The summed E-state index contributed by atoms with van der Waals surface area (Å²) in [6.45, 7) is 6.81. The minimum Gasteiger partial charge on any atom is -0.0783 e. The van der Waals surface area contributed by atoms with Crippen LogP contribution in [0.4, 0.5) is 0 Å². The highest BCUT2D eigenvalue weighted by atomic mass is 14.2. The van der Waals surface area contributed by atoms with E-state index in [9.17, 15) is 0 Å². The molecule has 0 amide bonds. The van der Waals surface area contributed by atoms with Gasteiger partial charge in [0.25, 0.3) is 0 Å². The first kappa shape index (κ1) is 11.0. The molecule has 0 nitrogen and oxygen atoms in total. The van der Waals surface area contributed by atoms with Crippen molar-refractivity contribution in [2.75, 3.05) is 0 Å². The maximum atomic E-state index is 2.31. The first-order valence-corrected chi connectivity index (χ1v) is 5.38. The quantitative estimate of drug-likeness (QED) is 0.651. The Morgan fingerprint density at radius 1 is 1.14 bits per heavy atom. The molecule has 1 rings (SSSR count). The summed E-state index contributed by atoms with van der Waals surface area (Å²) < 4.78 is 0. The predicted octanol–water partition coefficient (Wildman–Crippen LogP) is 4.53. The van der Waals surface area contributed by atoms with E-state index < -0.39 is 0 Å². The maximum absolute atomic E-state index is 2.31. The van der Waals surface area contributed by atoms with Gasteiger partial charge in [0.05, 0.1) is 0 Å². The first-order chi connectivity index (χ1) is 6.64. The molecule has 0 fully saturated rings. The van der Waals surface area contributed by atoms with Crippen molar-refractivity contribution in [2.24, 2.45) is 5.41 Å². The van der Waals surface area contributed by atoms with Crippen LogP contribution in [0.15, 0.2) is 36.4 Å². The van der Waals surface area contributed by atoms with Crippen LogP contribution in [0, 0.1) is 5.41 Å². The normalized spacial score (nSPS) is 12.2. The van der Waals surface area contributed by atoms with E-state index in [1.54, 1.807) is 0 Å². The largest absolute Gasteiger partial charge is 0.0783 e. The van der Waals surface area contributed by atoms with Crippen LogP contribution in [-0.2, 0) is 0 Å². The lowest BCUT2D eigenvalue weighted by Gasteiger charge is -2.18. The van der Waals surface area contributed by atoms with Crippen molar-refractivity contribution >= 4 is 6.08 Å². The Morgan fingerprint density at radius 3 is 2.36 bits per heavy atom. The predicted molar refractivity (Wildman–Crippen MR) is 64.2 cm³/mol. The van der Waals surface area contributed by atoms with Gasteiger partial charge in [-0.2, -0.15) is 0 Å². The molecule has 0 aliphatic rings. The summed E-state index contributed by atoms with van der Waals surface area (Å²) in [5.74, 6) is 0. The SMILES string of the molecule is CCCC(C)(C)C=Cc1ccccc1. The van der Waals surface area contributed by atoms with Crippen LogP contribution in [-0.4, -0.2) is 0 Å². The molecule has 0 unspecified atom stereocenters. The standard InChI is InChI=1S/C14H20/c1-4-11-14(2,3)12-10-13-8-6-5-7-9-13/h5-10,12H,4,11H2,1-3H3. The molecule has 0 N–H and O–H groups in total. The van der Waals surface area contributed by atoms with Gasteiger partial charge in [0.15, 0.2) is 0 Å². The lowest BCUT2D eigenvalue weighted by atomic mass is 9.87. The zero-order valence-corrected chi connectivity index (χ0v) is 9.46. The Balaban J connectivity index is 2.64. The molecule has 0 heterocycles. The fraction of sp³-hybridized carbons (Fsp3) is 0.429. The van der Waals surface area contributed by atoms with Crippen molar-refractivity contribution in [1.29, 1.82) is 0 Å². The second-order valence-electron chi connectivity index (χ2n) is 4.48. The molecule has 0 aromatic heterocycles. The highest BCUT2D eigenvalue weighted by molar-refractivity contribution is 5.49. The minimum absolute atomic E-state index is 0.324. The summed E-state index contributed by atoms with van der Waals surface area (Å²) in [5.41, 5.74) is 1.61. The van der Waals surface area contributed by atoms with Gasteiger partial charge in [-0.25, -0.2) is 0 Å². The zero-order chi connectivity index (χ0) is 10.4. The zero-order valence-electron chi connectivity index (χ0n) is 9.46. The molecule has 0 saturated carbocycles. The van der Waals surface area contributed by atoms with Crippen molar-refractivity contribution in [3.05, 3.63) is 42.0 Å². The van der Waals surface area contributed by atoms with Crippen LogP contribution >= 0.6 is 0 Å². The number of benzene rings is 1. The molecule has 0 saturated heterocycles. The third kappa shape index (κ3) is 3.78. The van der Waals surface area contributed by atoms with Gasteiger partial charge in [-0.3, -0.25) is 0 Å². The maximum Gasteiger partial charge on any atom is -0.0172 e. The Kier molecular flexibility index (Phi) is 3.94. The van der Waals surface area contributed by atoms with Gasteiger partial charge >= 0.3 is 0 Å². The van der Waals surface area contributed by atoms with Gasteiger partial charge in [0.2, 0.25) is 0 Å². The van der Waals surface area contributed by atoms with Crippen molar-refractivity contribution in [1.82, 2.24) is 0 Å². The Hall–Kier alpha value is -1.04. The third-order valence-electron chi connectivity index (χ3n) is 2.42. The fourth-order valence-electron chi connectivity index (χ4n) is 1.61. The van der Waals surface area contributed by atoms with Crippen molar-refractivity contribution in [3.63, 3.8) is 0 Å². The molecule has 14 heavy (non-hydrogen) atoms. The van der Waals surface area contributed by atoms with E-state index in [0.29, 0.717) is 5.41 Å². The third-order valence-corrected chi connectivity index (χ3v) is 2.42. The second kappa shape index (κ2) is 4.99. The van der Waals surface area contributed by atoms with Gasteiger partial charge in [-0.15, -0.1) is 0 Å². The molecular formula is C14H20. The van der Waals surface area contributed by atoms with E-state index in [-0.39, 0.29) is 0 Å². The molecule has 0 atom stereocenters. The average molecular weight is 188 g/mol. The monoisotopic (exact) mass is 188 g/mol. The summed E-state index contributed by atoms with van der Waals surface area (Å²) in [7, 11) is 0. The van der Waals surface area contributed by atoms with Crippen LogP contribution in [0.3, 0.4) is 0 Å². The number of hydrogen-bond donors (Lipinski definition) is 0. The molecule has 0 bridgehead atoms. The van der Waals surface area contributed by atoms with E-state index in [1.807, 2.05) is 0 Å². The molecule has 0 aliphatic carbocycles. The summed E-state index contributed by atoms with van der Waals surface area (Å²) >= 11 is 0. The summed E-state index contributed by atoms with van der Waals surface area (Å²) in [4.78, 5) is 0. The van der Waals surface area contributed by atoms with Crippen LogP contribution in [0.25, 0.3) is 6.08 Å². The lowest BCUT2D eigenvalue weighted by Crippen LogP contribution is -2.05. The van der Waals surface area contributed by atoms with Gasteiger partial charge in [-0.1, -0.05) is 69.7 Å². The molecule has 0 spiro atoms. The van der Waals surface area contributed by atoms with Gasteiger partial charge < -0.3 is 0 Å². The van der Waals surface area contributed by atoms with Crippen LogP contribution < -0.4 is 0 Å². The minimum atomic E-state index is 0.324. The van der Waals surface area contributed by atoms with Crippen LogP contribution in [0.2, 0.25) is 0 Å². The molecule has 0 aliphatic heterocycles. The Labute approximate surface area is 87.7 Å². The molecule has 76 valence electrons. The van der Waals surface area contributed by atoms with Gasteiger partial charge in [0, 0.05) is 0 Å². The molecule has 0 heteroatoms. The highest BCUT2D eigenvalue weighted by Crippen LogP contribution is 2.24. The summed E-state index contributed by atoms with van der Waals surface area (Å²) in [6.07, 6.45) is 7.02.